The lowest BCUT2D eigenvalue weighted by Gasteiger charge is -2.33. The van der Waals surface area contributed by atoms with Crippen LogP contribution in [-0.4, -0.2) is 55.8 Å². The molecule has 176 valence electrons. The molecule has 1 aromatic rings. The molecule has 1 aliphatic rings. The smallest absolute Gasteiger partial charge is 0.237 e. The second-order valence-electron chi connectivity index (χ2n) is 8.24. The number of likely N-dealkylation sites (N-methyl/N-ethyl adjacent to an activating group) is 1. The van der Waals surface area contributed by atoms with Crippen molar-refractivity contribution in [3.05, 3.63) is 35.9 Å². The Morgan fingerprint density at radius 2 is 1.91 bits per heavy atom. The van der Waals surface area contributed by atoms with Crippen molar-refractivity contribution in [3.8, 4) is 0 Å². The van der Waals surface area contributed by atoms with Crippen molar-refractivity contribution in [1.82, 2.24) is 16.0 Å². The molecule has 2 amide bonds. The Kier molecular flexibility index (Phi) is 10.7. The largest absolute Gasteiger partial charge is 0.370 e. The highest BCUT2D eigenvalue weighted by Crippen LogP contribution is 2.25. The van der Waals surface area contributed by atoms with Crippen molar-refractivity contribution in [2.75, 3.05) is 13.6 Å². The van der Waals surface area contributed by atoms with Gasteiger partial charge in [-0.05, 0) is 44.7 Å². The summed E-state index contributed by atoms with van der Waals surface area (Å²) in [7, 11) is 1.76. The molecule has 0 radical (unpaired) electrons. The number of nitrogens with one attached hydrogen (secondary N) is 3. The monoisotopic (exact) mass is 444 g/mol. The summed E-state index contributed by atoms with van der Waals surface area (Å²) < 4.78 is 0. The number of hydrogen-bond donors (Lipinski definition) is 5. The predicted octanol–water partition coefficient (Wildman–Crippen LogP) is 0.229. The lowest BCUT2D eigenvalue weighted by atomic mass is 9.83. The molecular weight excluding hydrogens is 408 g/mol. The van der Waals surface area contributed by atoms with E-state index in [0.717, 1.165) is 31.1 Å². The van der Waals surface area contributed by atoms with Crippen LogP contribution in [0.1, 0.15) is 44.1 Å². The summed E-state index contributed by atoms with van der Waals surface area (Å²) >= 11 is 0. The second kappa shape index (κ2) is 13.5. The third-order valence-corrected chi connectivity index (χ3v) is 5.84. The van der Waals surface area contributed by atoms with Gasteiger partial charge in [0.25, 0.3) is 0 Å². The van der Waals surface area contributed by atoms with Crippen LogP contribution in [0, 0.1) is 5.92 Å². The first-order valence-corrected chi connectivity index (χ1v) is 11.3. The van der Waals surface area contributed by atoms with Gasteiger partial charge < -0.3 is 32.2 Å². The minimum atomic E-state index is -0.599. The van der Waals surface area contributed by atoms with E-state index >= 15 is 0 Å². The fourth-order valence-corrected chi connectivity index (χ4v) is 4.06. The Hall–Kier alpha value is -2.94. The van der Waals surface area contributed by atoms with Crippen LogP contribution < -0.4 is 27.4 Å². The normalized spacial score (nSPS) is 19.9. The average Bonchev–Trinajstić information content (AvgIpc) is 2.80. The molecule has 0 aliphatic heterocycles. The molecule has 0 aromatic heterocycles. The van der Waals surface area contributed by atoms with Crippen LogP contribution in [-0.2, 0) is 20.8 Å². The van der Waals surface area contributed by atoms with Crippen LogP contribution in [0.5, 0.6) is 0 Å². The number of benzene rings is 1. The first-order valence-electron chi connectivity index (χ1n) is 11.3. The quantitative estimate of drug-likeness (QED) is 0.135. The van der Waals surface area contributed by atoms with Gasteiger partial charge in [0.2, 0.25) is 11.8 Å². The topological polar surface area (TPSA) is 152 Å². The first kappa shape index (κ1) is 25.3. The number of carbonyl (C=O) groups excluding carboxylic acids is 3. The van der Waals surface area contributed by atoms with Crippen LogP contribution >= 0.6 is 0 Å². The molecule has 0 heterocycles. The molecule has 2 rings (SSSR count). The zero-order chi connectivity index (χ0) is 23.3. The molecule has 0 bridgehead atoms. The number of nitrogens with zero attached hydrogens (tertiary/aromatic N) is 1. The van der Waals surface area contributed by atoms with E-state index in [1.165, 1.54) is 0 Å². The van der Waals surface area contributed by atoms with Gasteiger partial charge in [-0.15, -0.1) is 0 Å². The molecule has 4 atom stereocenters. The molecule has 7 N–H and O–H groups in total. The minimum absolute atomic E-state index is 0.00427. The second-order valence-corrected chi connectivity index (χ2v) is 8.24. The van der Waals surface area contributed by atoms with Crippen molar-refractivity contribution in [3.63, 3.8) is 0 Å². The summed E-state index contributed by atoms with van der Waals surface area (Å²) in [5.41, 5.74) is 11.7. The summed E-state index contributed by atoms with van der Waals surface area (Å²) in [6.07, 6.45) is 5.62. The van der Waals surface area contributed by atoms with Crippen molar-refractivity contribution < 1.29 is 14.4 Å². The van der Waals surface area contributed by atoms with Crippen LogP contribution in [0.25, 0.3) is 0 Å². The SMILES string of the molecule is CNC(Cc1ccccc1)C(=O)N[C@@H]1CCCC[C@@H]1C(=O)N[C@@H](C=O)CCCN=C(N)N. The zero-order valence-corrected chi connectivity index (χ0v) is 18.8. The molecule has 0 spiro atoms. The number of rotatable bonds is 12. The van der Waals surface area contributed by atoms with E-state index in [2.05, 4.69) is 20.9 Å². The summed E-state index contributed by atoms with van der Waals surface area (Å²) in [5, 5.41) is 8.98. The molecule has 0 saturated heterocycles. The van der Waals surface area contributed by atoms with Gasteiger partial charge in [-0.1, -0.05) is 43.2 Å². The van der Waals surface area contributed by atoms with Gasteiger partial charge in [-0.3, -0.25) is 14.6 Å². The molecule has 1 aromatic carbocycles. The zero-order valence-electron chi connectivity index (χ0n) is 18.8. The molecule has 32 heavy (non-hydrogen) atoms. The van der Waals surface area contributed by atoms with Crippen LogP contribution in [0.4, 0.5) is 0 Å². The fourth-order valence-electron chi connectivity index (χ4n) is 4.06. The van der Waals surface area contributed by atoms with Crippen molar-refractivity contribution in [1.29, 1.82) is 0 Å². The van der Waals surface area contributed by atoms with Gasteiger partial charge in [0.1, 0.15) is 6.29 Å². The Bertz CT molecular complexity index is 766. The Balaban J connectivity index is 1.93. The number of guanidine groups is 1. The highest BCUT2D eigenvalue weighted by molar-refractivity contribution is 5.85. The Labute approximate surface area is 189 Å². The highest BCUT2D eigenvalue weighted by Gasteiger charge is 2.34. The van der Waals surface area contributed by atoms with E-state index in [4.69, 9.17) is 11.5 Å². The first-order chi connectivity index (χ1) is 15.4. The Morgan fingerprint density at radius 3 is 2.56 bits per heavy atom. The van der Waals surface area contributed by atoms with Crippen molar-refractivity contribution in [2.45, 2.75) is 63.1 Å². The third kappa shape index (κ3) is 8.30. The van der Waals surface area contributed by atoms with Gasteiger partial charge >= 0.3 is 0 Å². The van der Waals surface area contributed by atoms with Crippen LogP contribution in [0.3, 0.4) is 0 Å². The average molecular weight is 445 g/mol. The number of aliphatic imine (C=N–C) groups is 1. The Morgan fingerprint density at radius 1 is 1.19 bits per heavy atom. The fraction of sp³-hybridized carbons (Fsp3) is 0.565. The van der Waals surface area contributed by atoms with Gasteiger partial charge in [0, 0.05) is 12.6 Å². The standard InChI is InChI=1S/C23H36N6O3/c1-26-20(14-16-8-3-2-4-9-16)22(32)29-19-12-6-5-11-18(19)21(31)28-17(15-30)10-7-13-27-23(24)25/h2-4,8-9,15,17-20,26H,5-7,10-14H2,1H3,(H,28,31)(H,29,32)(H4,24,25,27)/t17-,18+,19-,20?/m1/s1. The summed E-state index contributed by atoms with van der Waals surface area (Å²) in [6, 6.07) is 8.57. The third-order valence-electron chi connectivity index (χ3n) is 5.84. The molecule has 1 unspecified atom stereocenters. The number of amides is 2. The maximum absolute atomic E-state index is 12.9. The summed E-state index contributed by atoms with van der Waals surface area (Å²) in [4.78, 5) is 41.2. The molecule has 9 heteroatoms. The van der Waals surface area contributed by atoms with Crippen molar-refractivity contribution in [2.24, 2.45) is 22.4 Å². The minimum Gasteiger partial charge on any atom is -0.370 e. The van der Waals surface area contributed by atoms with E-state index in [0.29, 0.717) is 32.2 Å². The van der Waals surface area contributed by atoms with Crippen LogP contribution in [0.2, 0.25) is 0 Å². The molecular formula is C23H36N6O3. The molecule has 9 nitrogen and oxygen atoms in total. The van der Waals surface area contributed by atoms with Gasteiger partial charge in [-0.25, -0.2) is 0 Å². The number of nitrogens with two attached hydrogens (primary N) is 2. The summed E-state index contributed by atoms with van der Waals surface area (Å²) in [5.74, 6) is -0.671. The summed E-state index contributed by atoms with van der Waals surface area (Å²) in [6.45, 7) is 0.400. The van der Waals surface area contributed by atoms with E-state index in [1.54, 1.807) is 7.05 Å². The van der Waals surface area contributed by atoms with Crippen molar-refractivity contribution >= 4 is 24.1 Å². The maximum Gasteiger partial charge on any atom is 0.237 e. The van der Waals surface area contributed by atoms with Gasteiger partial charge in [0.15, 0.2) is 5.96 Å². The van der Waals surface area contributed by atoms with E-state index in [9.17, 15) is 14.4 Å². The highest BCUT2D eigenvalue weighted by atomic mass is 16.2. The maximum atomic E-state index is 12.9. The van der Waals surface area contributed by atoms with Gasteiger partial charge in [-0.2, -0.15) is 0 Å². The molecule has 1 fully saturated rings. The number of aldehydes is 1. The van der Waals surface area contributed by atoms with Crippen LogP contribution in [0.15, 0.2) is 35.3 Å². The molecule has 1 aliphatic carbocycles. The predicted molar refractivity (Wildman–Crippen MR) is 125 cm³/mol. The lowest BCUT2D eigenvalue weighted by Crippen LogP contribution is -2.54. The van der Waals surface area contributed by atoms with E-state index in [-0.39, 0.29) is 35.8 Å². The number of carbonyl (C=O) groups is 3. The van der Waals surface area contributed by atoms with E-state index in [1.807, 2.05) is 30.3 Å². The number of hydrogen-bond acceptors (Lipinski definition) is 5. The van der Waals surface area contributed by atoms with Gasteiger partial charge in [0.05, 0.1) is 18.0 Å². The van der Waals surface area contributed by atoms with E-state index < -0.39 is 6.04 Å². The lowest BCUT2D eigenvalue weighted by molar-refractivity contribution is -0.131. The molecule has 1 saturated carbocycles.